The van der Waals surface area contributed by atoms with Gasteiger partial charge in [0.2, 0.25) is 5.91 Å². The van der Waals surface area contributed by atoms with Crippen molar-refractivity contribution in [3.05, 3.63) is 27.7 Å². The van der Waals surface area contributed by atoms with Crippen LogP contribution in [0.15, 0.2) is 12.1 Å². The average molecular weight is 330 g/mol. The number of aryl methyl sites for hydroxylation is 1. The predicted molar refractivity (Wildman–Crippen MR) is 83.0 cm³/mol. The van der Waals surface area contributed by atoms with Crippen molar-refractivity contribution in [1.82, 2.24) is 0 Å². The number of amides is 1. The van der Waals surface area contributed by atoms with Crippen molar-refractivity contribution in [3.8, 4) is 0 Å². The fraction of sp³-hybridized carbons (Fsp3) is 0.467. The highest BCUT2D eigenvalue weighted by molar-refractivity contribution is 6.40. The Bertz CT molecular complexity index is 581. The Labute approximate surface area is 133 Å². The summed E-state index contributed by atoms with van der Waals surface area (Å²) in [5, 5.41) is 12.8. The molecular formula is C15H17Cl2NO3. The molecule has 0 radical (unpaired) electrons. The minimum Gasteiger partial charge on any atom is -0.481 e. The van der Waals surface area contributed by atoms with Crippen molar-refractivity contribution in [1.29, 1.82) is 0 Å². The number of halogens is 2. The molecule has 1 aromatic rings. The molecule has 0 heterocycles. The van der Waals surface area contributed by atoms with Gasteiger partial charge in [0.15, 0.2) is 0 Å². The van der Waals surface area contributed by atoms with Gasteiger partial charge in [-0.15, -0.1) is 0 Å². The first-order chi connectivity index (χ1) is 9.85. The molecule has 2 N–H and O–H groups in total. The minimum absolute atomic E-state index is 0.0526. The maximum atomic E-state index is 12.2. The van der Waals surface area contributed by atoms with Gasteiger partial charge in [0.05, 0.1) is 21.1 Å². The van der Waals surface area contributed by atoms with Crippen LogP contribution in [0.2, 0.25) is 10.0 Å². The van der Waals surface area contributed by atoms with Crippen LogP contribution in [0, 0.1) is 12.3 Å². The number of anilines is 1. The molecule has 0 saturated heterocycles. The zero-order valence-corrected chi connectivity index (χ0v) is 13.2. The van der Waals surface area contributed by atoms with Crippen LogP contribution in [0.25, 0.3) is 0 Å². The number of hydrogen-bond acceptors (Lipinski definition) is 2. The van der Waals surface area contributed by atoms with E-state index in [2.05, 4.69) is 5.32 Å². The van der Waals surface area contributed by atoms with E-state index >= 15 is 0 Å². The predicted octanol–water partition coefficient (Wildman–Crippen LogP) is 4.28. The standard InChI is InChI=1S/C15H17Cl2NO3/c1-9-4-5-10(16)13(12(9)17)18-11(19)8-15(14(20)21)6-2-3-7-15/h4-5H,2-3,6-8H2,1H3,(H,18,19)(H,20,21). The van der Waals surface area contributed by atoms with Crippen molar-refractivity contribution in [2.24, 2.45) is 5.41 Å². The third-order valence-corrected chi connectivity index (χ3v) is 4.86. The summed E-state index contributed by atoms with van der Waals surface area (Å²) in [7, 11) is 0. The molecule has 1 aromatic carbocycles. The van der Waals surface area contributed by atoms with Crippen LogP contribution in [0.5, 0.6) is 0 Å². The van der Waals surface area contributed by atoms with Crippen molar-refractivity contribution < 1.29 is 14.7 Å². The second kappa shape index (κ2) is 6.24. The molecule has 1 aliphatic carbocycles. The molecule has 1 fully saturated rings. The lowest BCUT2D eigenvalue weighted by Crippen LogP contribution is -2.32. The van der Waals surface area contributed by atoms with E-state index in [1.54, 1.807) is 12.1 Å². The molecule has 1 aliphatic rings. The van der Waals surface area contributed by atoms with E-state index < -0.39 is 11.4 Å². The number of carboxylic acids is 1. The topological polar surface area (TPSA) is 66.4 Å². The Hall–Kier alpha value is -1.26. The number of aliphatic carboxylic acids is 1. The van der Waals surface area contributed by atoms with Gasteiger partial charge >= 0.3 is 5.97 Å². The first-order valence-electron chi connectivity index (χ1n) is 6.83. The zero-order valence-electron chi connectivity index (χ0n) is 11.7. The number of nitrogens with one attached hydrogen (secondary N) is 1. The number of benzene rings is 1. The Balaban J connectivity index is 2.16. The highest BCUT2D eigenvalue weighted by atomic mass is 35.5. The quantitative estimate of drug-likeness (QED) is 0.866. The molecule has 4 nitrogen and oxygen atoms in total. The number of hydrogen-bond donors (Lipinski definition) is 2. The highest BCUT2D eigenvalue weighted by Gasteiger charge is 2.43. The van der Waals surface area contributed by atoms with Gasteiger partial charge in [0.1, 0.15) is 0 Å². The van der Waals surface area contributed by atoms with E-state index in [1.807, 2.05) is 6.92 Å². The fourth-order valence-electron chi connectivity index (χ4n) is 2.78. The van der Waals surface area contributed by atoms with Crippen LogP contribution in [0.1, 0.15) is 37.7 Å². The molecular weight excluding hydrogens is 313 g/mol. The second-order valence-corrected chi connectivity index (χ2v) is 6.36. The van der Waals surface area contributed by atoms with E-state index in [9.17, 15) is 14.7 Å². The van der Waals surface area contributed by atoms with Crippen molar-refractivity contribution in [2.45, 2.75) is 39.0 Å². The Kier molecular flexibility index (Phi) is 4.79. The summed E-state index contributed by atoms with van der Waals surface area (Å²) in [6.07, 6.45) is 2.69. The van der Waals surface area contributed by atoms with Crippen LogP contribution in [0.3, 0.4) is 0 Å². The molecule has 0 spiro atoms. The smallest absolute Gasteiger partial charge is 0.310 e. The monoisotopic (exact) mass is 329 g/mol. The maximum absolute atomic E-state index is 12.2. The van der Waals surface area contributed by atoms with Crippen LogP contribution in [-0.4, -0.2) is 17.0 Å². The summed E-state index contributed by atoms with van der Waals surface area (Å²) >= 11 is 12.2. The van der Waals surface area contributed by atoms with Gasteiger partial charge in [-0.05, 0) is 31.4 Å². The summed E-state index contributed by atoms with van der Waals surface area (Å²) in [5.41, 5.74) is 0.194. The zero-order chi connectivity index (χ0) is 15.6. The van der Waals surface area contributed by atoms with Crippen LogP contribution in [0.4, 0.5) is 5.69 Å². The van der Waals surface area contributed by atoms with Gasteiger partial charge in [0.25, 0.3) is 0 Å². The van der Waals surface area contributed by atoms with Gasteiger partial charge in [-0.1, -0.05) is 42.1 Å². The Morgan fingerprint density at radius 2 is 1.90 bits per heavy atom. The second-order valence-electron chi connectivity index (χ2n) is 5.57. The molecule has 0 aliphatic heterocycles. The van der Waals surface area contributed by atoms with Crippen molar-refractivity contribution >= 4 is 40.8 Å². The van der Waals surface area contributed by atoms with Crippen LogP contribution >= 0.6 is 23.2 Å². The van der Waals surface area contributed by atoms with Crippen LogP contribution < -0.4 is 5.32 Å². The maximum Gasteiger partial charge on any atom is 0.310 e. The number of carbonyl (C=O) groups is 2. The molecule has 2 rings (SSSR count). The van der Waals surface area contributed by atoms with E-state index in [4.69, 9.17) is 23.2 Å². The molecule has 0 aromatic heterocycles. The fourth-order valence-corrected chi connectivity index (χ4v) is 3.25. The summed E-state index contributed by atoms with van der Waals surface area (Å²) in [4.78, 5) is 23.7. The third-order valence-electron chi connectivity index (χ3n) is 4.06. The molecule has 0 unspecified atom stereocenters. The lowest BCUT2D eigenvalue weighted by Gasteiger charge is -2.23. The van der Waals surface area contributed by atoms with Gasteiger partial charge in [-0.3, -0.25) is 9.59 Å². The number of rotatable bonds is 4. The average Bonchev–Trinajstić information content (AvgIpc) is 2.89. The van der Waals surface area contributed by atoms with Gasteiger partial charge in [0, 0.05) is 6.42 Å². The van der Waals surface area contributed by atoms with E-state index in [1.165, 1.54) is 0 Å². The lowest BCUT2D eigenvalue weighted by molar-refractivity contribution is -0.150. The lowest BCUT2D eigenvalue weighted by atomic mass is 9.82. The number of carboxylic acid groups (broad SMARTS) is 1. The summed E-state index contributed by atoms with van der Waals surface area (Å²) < 4.78 is 0. The van der Waals surface area contributed by atoms with Gasteiger partial charge in [-0.25, -0.2) is 0 Å². The van der Waals surface area contributed by atoms with E-state index in [0.717, 1.165) is 18.4 Å². The van der Waals surface area contributed by atoms with Crippen molar-refractivity contribution in [3.63, 3.8) is 0 Å². The highest BCUT2D eigenvalue weighted by Crippen LogP contribution is 2.42. The molecule has 21 heavy (non-hydrogen) atoms. The molecule has 6 heteroatoms. The van der Waals surface area contributed by atoms with E-state index in [0.29, 0.717) is 28.6 Å². The largest absolute Gasteiger partial charge is 0.481 e. The first kappa shape index (κ1) is 16.1. The normalized spacial score (nSPS) is 16.7. The third kappa shape index (κ3) is 3.33. The molecule has 1 amide bonds. The van der Waals surface area contributed by atoms with Gasteiger partial charge < -0.3 is 10.4 Å². The van der Waals surface area contributed by atoms with Crippen LogP contribution in [-0.2, 0) is 9.59 Å². The summed E-state index contributed by atoms with van der Waals surface area (Å²) in [6, 6.07) is 3.41. The van der Waals surface area contributed by atoms with Crippen molar-refractivity contribution in [2.75, 3.05) is 5.32 Å². The molecule has 1 saturated carbocycles. The first-order valence-corrected chi connectivity index (χ1v) is 7.59. The summed E-state index contributed by atoms with van der Waals surface area (Å²) in [6.45, 7) is 1.81. The minimum atomic E-state index is -0.952. The Morgan fingerprint density at radius 3 is 2.48 bits per heavy atom. The molecule has 0 bridgehead atoms. The van der Waals surface area contributed by atoms with Gasteiger partial charge in [-0.2, -0.15) is 0 Å². The summed E-state index contributed by atoms with van der Waals surface area (Å²) in [5.74, 6) is -1.27. The number of carbonyl (C=O) groups excluding carboxylic acids is 1. The molecule has 0 atom stereocenters. The van der Waals surface area contributed by atoms with E-state index in [-0.39, 0.29) is 12.3 Å². The SMILES string of the molecule is Cc1ccc(Cl)c(NC(=O)CC2(C(=O)O)CCCC2)c1Cl. The molecule has 114 valence electrons. The Morgan fingerprint density at radius 1 is 1.29 bits per heavy atom.